The first-order valence-corrected chi connectivity index (χ1v) is 10.7. The SMILES string of the molecule is C=CC(=O)N(c1cccc(OCCC(C)C)c1)c1nc(-c2ccc(OC)cc2)cs1. The lowest BCUT2D eigenvalue weighted by Gasteiger charge is -2.19. The number of nitrogens with zero attached hydrogens (tertiary/aromatic N) is 2. The minimum Gasteiger partial charge on any atom is -0.497 e. The quantitative estimate of drug-likeness (QED) is 0.391. The van der Waals surface area contributed by atoms with E-state index >= 15 is 0 Å². The van der Waals surface area contributed by atoms with E-state index in [9.17, 15) is 4.79 Å². The zero-order chi connectivity index (χ0) is 21.5. The van der Waals surface area contributed by atoms with Crippen molar-refractivity contribution in [2.45, 2.75) is 20.3 Å². The van der Waals surface area contributed by atoms with Gasteiger partial charge in [0, 0.05) is 17.0 Å². The van der Waals surface area contributed by atoms with E-state index in [1.165, 1.54) is 17.4 Å². The summed E-state index contributed by atoms with van der Waals surface area (Å²) < 4.78 is 11.1. The highest BCUT2D eigenvalue weighted by atomic mass is 32.1. The number of hydrogen-bond donors (Lipinski definition) is 0. The van der Waals surface area contributed by atoms with E-state index in [-0.39, 0.29) is 5.91 Å². The van der Waals surface area contributed by atoms with E-state index in [4.69, 9.17) is 14.5 Å². The standard InChI is InChI=1S/C24H26N2O3S/c1-5-23(27)26(19-7-6-8-21(15-19)29-14-13-17(2)3)24-25-22(16-30-24)18-9-11-20(28-4)12-10-18/h5-12,15-17H,1,13-14H2,2-4H3. The molecular weight excluding hydrogens is 396 g/mol. The molecule has 1 heterocycles. The number of carbonyl (C=O) groups excluding carboxylic acids is 1. The number of thiazole rings is 1. The molecule has 3 aromatic rings. The van der Waals surface area contributed by atoms with Gasteiger partial charge in [-0.25, -0.2) is 4.98 Å². The van der Waals surface area contributed by atoms with Gasteiger partial charge in [0.15, 0.2) is 5.13 Å². The third kappa shape index (κ3) is 5.27. The summed E-state index contributed by atoms with van der Waals surface area (Å²) in [5.41, 5.74) is 2.44. The normalized spacial score (nSPS) is 10.7. The molecule has 0 aliphatic rings. The van der Waals surface area contributed by atoms with Crippen LogP contribution < -0.4 is 14.4 Å². The number of benzene rings is 2. The van der Waals surface area contributed by atoms with Crippen LogP contribution in [-0.4, -0.2) is 24.6 Å². The third-order valence-electron chi connectivity index (χ3n) is 4.50. The fourth-order valence-electron chi connectivity index (χ4n) is 2.81. The van der Waals surface area contributed by atoms with E-state index in [1.54, 1.807) is 12.0 Å². The molecule has 0 aliphatic carbocycles. The maximum atomic E-state index is 12.7. The molecule has 0 N–H and O–H groups in total. The van der Waals surface area contributed by atoms with Crippen molar-refractivity contribution in [3.05, 3.63) is 66.6 Å². The van der Waals surface area contributed by atoms with E-state index in [0.717, 1.165) is 29.2 Å². The summed E-state index contributed by atoms with van der Waals surface area (Å²) in [6.07, 6.45) is 2.26. The first-order valence-electron chi connectivity index (χ1n) is 9.81. The number of aromatic nitrogens is 1. The number of anilines is 2. The molecule has 3 rings (SSSR count). The highest BCUT2D eigenvalue weighted by Crippen LogP contribution is 2.34. The van der Waals surface area contributed by atoms with Gasteiger partial charge in [0.2, 0.25) is 0 Å². The molecule has 1 aromatic heterocycles. The van der Waals surface area contributed by atoms with Gasteiger partial charge in [0.05, 0.1) is 25.1 Å². The number of methoxy groups -OCH3 is 1. The number of carbonyl (C=O) groups is 1. The predicted molar refractivity (Wildman–Crippen MR) is 123 cm³/mol. The number of hydrogen-bond acceptors (Lipinski definition) is 5. The second kappa shape index (κ2) is 10.1. The molecule has 0 unspecified atom stereocenters. The molecule has 0 atom stereocenters. The highest BCUT2D eigenvalue weighted by molar-refractivity contribution is 7.14. The Morgan fingerprint density at radius 2 is 1.97 bits per heavy atom. The summed E-state index contributed by atoms with van der Waals surface area (Å²) in [5.74, 6) is 1.83. The Balaban J connectivity index is 1.87. The molecule has 0 saturated heterocycles. The van der Waals surface area contributed by atoms with Crippen molar-refractivity contribution >= 4 is 28.1 Å². The Kier molecular flexibility index (Phi) is 7.25. The van der Waals surface area contributed by atoms with Gasteiger partial charge in [-0.2, -0.15) is 0 Å². The maximum absolute atomic E-state index is 12.7. The van der Waals surface area contributed by atoms with Crippen molar-refractivity contribution in [2.24, 2.45) is 5.92 Å². The summed E-state index contributed by atoms with van der Waals surface area (Å²) >= 11 is 1.40. The predicted octanol–water partition coefficient (Wildman–Crippen LogP) is 6.09. The Hall–Kier alpha value is -3.12. The number of rotatable bonds is 9. The Morgan fingerprint density at radius 3 is 2.63 bits per heavy atom. The van der Waals surface area contributed by atoms with Crippen LogP contribution in [0, 0.1) is 5.92 Å². The van der Waals surface area contributed by atoms with Crippen LogP contribution in [0.5, 0.6) is 11.5 Å². The Morgan fingerprint density at radius 1 is 1.20 bits per heavy atom. The molecule has 0 fully saturated rings. The Labute approximate surface area is 181 Å². The molecular formula is C24H26N2O3S. The lowest BCUT2D eigenvalue weighted by atomic mass is 10.1. The monoisotopic (exact) mass is 422 g/mol. The zero-order valence-electron chi connectivity index (χ0n) is 17.5. The van der Waals surface area contributed by atoms with E-state index in [2.05, 4.69) is 20.4 Å². The van der Waals surface area contributed by atoms with Gasteiger partial charge in [-0.3, -0.25) is 9.69 Å². The van der Waals surface area contributed by atoms with Crippen molar-refractivity contribution < 1.29 is 14.3 Å². The van der Waals surface area contributed by atoms with Gasteiger partial charge in [0.25, 0.3) is 5.91 Å². The van der Waals surface area contributed by atoms with Crippen LogP contribution in [0.4, 0.5) is 10.8 Å². The topological polar surface area (TPSA) is 51.7 Å². The minimum atomic E-state index is -0.245. The lowest BCUT2D eigenvalue weighted by molar-refractivity contribution is -0.113. The van der Waals surface area contributed by atoms with Crippen LogP contribution in [0.25, 0.3) is 11.3 Å². The second-order valence-corrected chi connectivity index (χ2v) is 7.99. The minimum absolute atomic E-state index is 0.245. The van der Waals surface area contributed by atoms with Gasteiger partial charge in [-0.15, -0.1) is 11.3 Å². The van der Waals surface area contributed by atoms with Gasteiger partial charge in [0.1, 0.15) is 11.5 Å². The Bertz CT molecular complexity index is 996. The molecule has 0 spiro atoms. The lowest BCUT2D eigenvalue weighted by Crippen LogP contribution is -2.23. The van der Waals surface area contributed by atoms with Gasteiger partial charge < -0.3 is 9.47 Å². The van der Waals surface area contributed by atoms with Crippen molar-refractivity contribution in [3.8, 4) is 22.8 Å². The average molecular weight is 423 g/mol. The maximum Gasteiger partial charge on any atom is 0.256 e. The van der Waals surface area contributed by atoms with E-state index in [0.29, 0.717) is 23.3 Å². The van der Waals surface area contributed by atoms with E-state index in [1.807, 2.05) is 53.9 Å². The van der Waals surface area contributed by atoms with Crippen LogP contribution in [-0.2, 0) is 4.79 Å². The fraction of sp³-hybridized carbons (Fsp3) is 0.250. The van der Waals surface area contributed by atoms with Gasteiger partial charge in [-0.1, -0.05) is 26.5 Å². The first kappa shape index (κ1) is 21.6. The van der Waals surface area contributed by atoms with Crippen LogP contribution in [0.3, 0.4) is 0 Å². The molecule has 156 valence electrons. The summed E-state index contributed by atoms with van der Waals surface area (Å²) in [4.78, 5) is 18.9. The molecule has 0 radical (unpaired) electrons. The van der Waals surface area contributed by atoms with Crippen molar-refractivity contribution in [2.75, 3.05) is 18.6 Å². The van der Waals surface area contributed by atoms with Gasteiger partial charge in [-0.05, 0) is 54.8 Å². The molecule has 0 saturated carbocycles. The molecule has 0 aliphatic heterocycles. The van der Waals surface area contributed by atoms with E-state index < -0.39 is 0 Å². The van der Waals surface area contributed by atoms with Crippen LogP contribution in [0.1, 0.15) is 20.3 Å². The smallest absolute Gasteiger partial charge is 0.256 e. The van der Waals surface area contributed by atoms with Crippen LogP contribution in [0.15, 0.2) is 66.6 Å². The summed E-state index contributed by atoms with van der Waals surface area (Å²) in [5, 5.41) is 2.51. The third-order valence-corrected chi connectivity index (χ3v) is 5.33. The fourth-order valence-corrected chi connectivity index (χ4v) is 3.67. The zero-order valence-corrected chi connectivity index (χ0v) is 18.3. The second-order valence-electron chi connectivity index (χ2n) is 7.15. The number of amides is 1. The van der Waals surface area contributed by atoms with Crippen LogP contribution >= 0.6 is 11.3 Å². The molecule has 0 bridgehead atoms. The highest BCUT2D eigenvalue weighted by Gasteiger charge is 2.20. The van der Waals surface area contributed by atoms with Crippen molar-refractivity contribution in [1.82, 2.24) is 4.98 Å². The van der Waals surface area contributed by atoms with Gasteiger partial charge >= 0.3 is 0 Å². The average Bonchev–Trinajstić information content (AvgIpc) is 3.23. The number of ether oxygens (including phenoxy) is 2. The molecule has 2 aromatic carbocycles. The molecule has 5 nitrogen and oxygen atoms in total. The first-order chi connectivity index (χ1) is 14.5. The van der Waals surface area contributed by atoms with Crippen LogP contribution in [0.2, 0.25) is 0 Å². The largest absolute Gasteiger partial charge is 0.497 e. The summed E-state index contributed by atoms with van der Waals surface area (Å²) in [7, 11) is 1.63. The van der Waals surface area contributed by atoms with Crippen molar-refractivity contribution in [1.29, 1.82) is 0 Å². The van der Waals surface area contributed by atoms with Crippen molar-refractivity contribution in [3.63, 3.8) is 0 Å². The molecule has 30 heavy (non-hydrogen) atoms. The summed E-state index contributed by atoms with van der Waals surface area (Å²) in [6, 6.07) is 15.2. The molecule has 1 amide bonds. The summed E-state index contributed by atoms with van der Waals surface area (Å²) in [6.45, 7) is 8.60. The molecule has 6 heteroatoms.